The molecule has 1 N–H and O–H groups in total. The Kier molecular flexibility index (Phi) is 7.26. The summed E-state index contributed by atoms with van der Waals surface area (Å²) in [6.07, 6.45) is 0. The Balaban J connectivity index is 2.19. The number of esters is 1. The summed E-state index contributed by atoms with van der Waals surface area (Å²) in [5.41, 5.74) is 2.32. The molecule has 0 bridgehead atoms. The van der Waals surface area contributed by atoms with Crippen molar-refractivity contribution in [2.75, 3.05) is 27.9 Å². The zero-order chi connectivity index (χ0) is 20.7. The Labute approximate surface area is 164 Å². The van der Waals surface area contributed by atoms with E-state index in [1.165, 1.54) is 20.3 Å². The molecule has 1 atom stereocenters. The van der Waals surface area contributed by atoms with E-state index in [2.05, 4.69) is 10.1 Å². The summed E-state index contributed by atoms with van der Waals surface area (Å²) in [6.45, 7) is 3.58. The highest BCUT2D eigenvalue weighted by atomic mass is 16.6. The Morgan fingerprint density at radius 2 is 1.64 bits per heavy atom. The minimum atomic E-state index is -0.530. The van der Waals surface area contributed by atoms with Gasteiger partial charge in [-0.2, -0.15) is 0 Å². The summed E-state index contributed by atoms with van der Waals surface area (Å²) in [5, 5.41) is 2.95. The molecule has 0 heterocycles. The molecule has 7 nitrogen and oxygen atoms in total. The van der Waals surface area contributed by atoms with Crippen LogP contribution in [0.2, 0.25) is 0 Å². The van der Waals surface area contributed by atoms with Crippen LogP contribution in [-0.4, -0.2) is 39.8 Å². The van der Waals surface area contributed by atoms with Crippen LogP contribution in [0.25, 0.3) is 0 Å². The van der Waals surface area contributed by atoms with Gasteiger partial charge in [0.05, 0.1) is 27.4 Å². The highest BCUT2D eigenvalue weighted by molar-refractivity contribution is 5.95. The molecule has 1 unspecified atom stereocenters. The second kappa shape index (κ2) is 9.64. The Bertz CT molecular complexity index is 849. The number of rotatable bonds is 8. The van der Waals surface area contributed by atoms with Crippen LogP contribution in [0.3, 0.4) is 0 Å². The number of ether oxygens (including phenoxy) is 4. The Hall–Kier alpha value is -3.22. The molecule has 2 aromatic carbocycles. The molecular weight excluding hydrogens is 362 g/mol. The SMILES string of the molecule is COC(=O)COc1cc(C(=O)NC(C)c2cc(C)ccc2OC)ccc1OC. The molecule has 0 saturated carbocycles. The maximum Gasteiger partial charge on any atom is 0.343 e. The van der Waals surface area contributed by atoms with Gasteiger partial charge in [0.25, 0.3) is 5.91 Å². The van der Waals surface area contributed by atoms with Crippen LogP contribution in [0.4, 0.5) is 0 Å². The third-order valence-corrected chi connectivity index (χ3v) is 4.20. The van der Waals surface area contributed by atoms with Crippen molar-refractivity contribution >= 4 is 11.9 Å². The van der Waals surface area contributed by atoms with Crippen LogP contribution in [0.15, 0.2) is 36.4 Å². The van der Waals surface area contributed by atoms with Gasteiger partial charge in [-0.3, -0.25) is 4.79 Å². The predicted molar refractivity (Wildman–Crippen MR) is 104 cm³/mol. The third kappa shape index (κ3) is 5.16. The number of nitrogens with one attached hydrogen (secondary N) is 1. The molecule has 2 rings (SSSR count). The van der Waals surface area contributed by atoms with Crippen molar-refractivity contribution < 1.29 is 28.5 Å². The fraction of sp³-hybridized carbons (Fsp3) is 0.333. The van der Waals surface area contributed by atoms with E-state index in [0.717, 1.165) is 11.1 Å². The number of hydrogen-bond donors (Lipinski definition) is 1. The molecule has 0 saturated heterocycles. The lowest BCUT2D eigenvalue weighted by Crippen LogP contribution is -2.27. The third-order valence-electron chi connectivity index (χ3n) is 4.20. The van der Waals surface area contributed by atoms with E-state index in [1.807, 2.05) is 32.0 Å². The molecule has 0 aliphatic carbocycles. The van der Waals surface area contributed by atoms with Crippen LogP contribution in [0.1, 0.15) is 34.5 Å². The highest BCUT2D eigenvalue weighted by Gasteiger charge is 2.17. The van der Waals surface area contributed by atoms with Crippen LogP contribution in [-0.2, 0) is 9.53 Å². The zero-order valence-corrected chi connectivity index (χ0v) is 16.7. The maximum atomic E-state index is 12.7. The summed E-state index contributed by atoms with van der Waals surface area (Å²) >= 11 is 0. The van der Waals surface area contributed by atoms with E-state index in [1.54, 1.807) is 19.2 Å². The molecular formula is C21H25NO6. The van der Waals surface area contributed by atoms with Crippen molar-refractivity contribution in [1.82, 2.24) is 5.32 Å². The van der Waals surface area contributed by atoms with Crippen LogP contribution in [0.5, 0.6) is 17.2 Å². The van der Waals surface area contributed by atoms with Gasteiger partial charge < -0.3 is 24.3 Å². The normalized spacial score (nSPS) is 11.3. The molecule has 0 aromatic heterocycles. The lowest BCUT2D eigenvalue weighted by Gasteiger charge is -2.18. The predicted octanol–water partition coefficient (Wildman–Crippen LogP) is 3.06. The quantitative estimate of drug-likeness (QED) is 0.701. The molecule has 0 aliphatic rings. The second-order valence-corrected chi connectivity index (χ2v) is 6.17. The highest BCUT2D eigenvalue weighted by Crippen LogP contribution is 2.29. The number of amides is 1. The van der Waals surface area contributed by atoms with Gasteiger partial charge in [0.2, 0.25) is 0 Å². The Morgan fingerprint density at radius 3 is 2.29 bits per heavy atom. The van der Waals surface area contributed by atoms with E-state index >= 15 is 0 Å². The summed E-state index contributed by atoms with van der Waals surface area (Å²) in [7, 11) is 4.34. The lowest BCUT2D eigenvalue weighted by atomic mass is 10.0. The first-order valence-electron chi connectivity index (χ1n) is 8.72. The molecule has 0 radical (unpaired) electrons. The number of aryl methyl sites for hydroxylation is 1. The summed E-state index contributed by atoms with van der Waals surface area (Å²) in [6, 6.07) is 10.3. The molecule has 0 aliphatic heterocycles. The first-order valence-corrected chi connectivity index (χ1v) is 8.72. The average Bonchev–Trinajstić information content (AvgIpc) is 2.71. The van der Waals surface area contributed by atoms with Gasteiger partial charge in [-0.25, -0.2) is 4.79 Å². The average molecular weight is 387 g/mol. The second-order valence-electron chi connectivity index (χ2n) is 6.17. The molecule has 2 aromatic rings. The number of carbonyl (C=O) groups is 2. The van der Waals surface area contributed by atoms with Gasteiger partial charge in [-0.05, 0) is 38.1 Å². The van der Waals surface area contributed by atoms with Crippen LogP contribution >= 0.6 is 0 Å². The maximum absolute atomic E-state index is 12.7. The van der Waals surface area contributed by atoms with Gasteiger partial charge in [-0.1, -0.05) is 17.7 Å². The van der Waals surface area contributed by atoms with Crippen molar-refractivity contribution in [2.45, 2.75) is 19.9 Å². The first-order chi connectivity index (χ1) is 13.4. The lowest BCUT2D eigenvalue weighted by molar-refractivity contribution is -0.142. The minimum absolute atomic E-state index is 0.274. The van der Waals surface area contributed by atoms with Gasteiger partial charge >= 0.3 is 5.97 Å². The van der Waals surface area contributed by atoms with E-state index in [9.17, 15) is 9.59 Å². The summed E-state index contributed by atoms with van der Waals surface area (Å²) in [5.74, 6) is 0.573. The van der Waals surface area contributed by atoms with Gasteiger partial charge in [0, 0.05) is 11.1 Å². The van der Waals surface area contributed by atoms with Gasteiger partial charge in [0.15, 0.2) is 18.1 Å². The number of hydrogen-bond acceptors (Lipinski definition) is 6. The molecule has 28 heavy (non-hydrogen) atoms. The molecule has 0 fully saturated rings. The molecule has 0 spiro atoms. The molecule has 150 valence electrons. The monoisotopic (exact) mass is 387 g/mol. The zero-order valence-electron chi connectivity index (χ0n) is 16.7. The van der Waals surface area contributed by atoms with Crippen molar-refractivity contribution in [2.24, 2.45) is 0 Å². The first kappa shape index (κ1) is 21.1. The topological polar surface area (TPSA) is 83.1 Å². The molecule has 1 amide bonds. The van der Waals surface area contributed by atoms with Crippen molar-refractivity contribution in [3.8, 4) is 17.2 Å². The summed E-state index contributed by atoms with van der Waals surface area (Å²) in [4.78, 5) is 24.0. The van der Waals surface area contributed by atoms with Crippen LogP contribution in [0, 0.1) is 6.92 Å². The fourth-order valence-corrected chi connectivity index (χ4v) is 2.68. The van der Waals surface area contributed by atoms with Gasteiger partial charge in [-0.15, -0.1) is 0 Å². The largest absolute Gasteiger partial charge is 0.496 e. The number of carbonyl (C=O) groups excluding carboxylic acids is 2. The molecule has 7 heteroatoms. The van der Waals surface area contributed by atoms with Crippen molar-refractivity contribution in [1.29, 1.82) is 0 Å². The number of benzene rings is 2. The van der Waals surface area contributed by atoms with Crippen LogP contribution < -0.4 is 19.5 Å². The Morgan fingerprint density at radius 1 is 0.964 bits per heavy atom. The summed E-state index contributed by atoms with van der Waals surface area (Å²) < 4.78 is 20.6. The van der Waals surface area contributed by atoms with E-state index in [-0.39, 0.29) is 24.3 Å². The van der Waals surface area contributed by atoms with E-state index < -0.39 is 5.97 Å². The number of methoxy groups -OCH3 is 3. The van der Waals surface area contributed by atoms with Gasteiger partial charge in [0.1, 0.15) is 5.75 Å². The minimum Gasteiger partial charge on any atom is -0.496 e. The fourth-order valence-electron chi connectivity index (χ4n) is 2.68. The van der Waals surface area contributed by atoms with E-state index in [4.69, 9.17) is 14.2 Å². The van der Waals surface area contributed by atoms with Crippen molar-refractivity contribution in [3.05, 3.63) is 53.1 Å². The smallest absolute Gasteiger partial charge is 0.343 e. The van der Waals surface area contributed by atoms with E-state index in [0.29, 0.717) is 17.1 Å². The standard InChI is InChI=1S/C21H25NO6/c1-13-6-8-17(25-3)16(10-13)14(2)22-21(24)15-7-9-18(26-4)19(11-15)28-12-20(23)27-5/h6-11,14H,12H2,1-5H3,(H,22,24). The van der Waals surface area contributed by atoms with Crippen molar-refractivity contribution in [3.63, 3.8) is 0 Å².